The molecule has 0 bridgehead atoms. The highest BCUT2D eigenvalue weighted by Gasteiger charge is 2.20. The van der Waals surface area contributed by atoms with Gasteiger partial charge in [-0.3, -0.25) is 4.79 Å². The second-order valence-corrected chi connectivity index (χ2v) is 7.95. The second kappa shape index (κ2) is 15.5. The van der Waals surface area contributed by atoms with Crippen LogP contribution in [0.1, 0.15) is 104 Å². The van der Waals surface area contributed by atoms with Crippen molar-refractivity contribution in [1.29, 1.82) is 0 Å². The Labute approximate surface area is 193 Å². The molecule has 1 aromatic rings. The van der Waals surface area contributed by atoms with Gasteiger partial charge < -0.3 is 5.32 Å². The number of hydrogen-bond donors (Lipinski definition) is 1. The van der Waals surface area contributed by atoms with Gasteiger partial charge in [0.25, 0.3) is 5.91 Å². The lowest BCUT2D eigenvalue weighted by atomic mass is 9.88. The Kier molecular flexibility index (Phi) is 15.4. The first-order valence-corrected chi connectivity index (χ1v) is 11.7. The van der Waals surface area contributed by atoms with Crippen LogP contribution in [-0.4, -0.2) is 11.4 Å². The number of allylic oxidation sites excluding steroid dienone is 6. The Hall–Kier alpha value is -2.35. The van der Waals surface area contributed by atoms with Gasteiger partial charge in [-0.2, -0.15) is 0 Å². The molecule has 0 atom stereocenters. The monoisotopic (exact) mass is 425 g/mol. The molecule has 0 saturated carbocycles. The van der Waals surface area contributed by atoms with Gasteiger partial charge in [0.15, 0.2) is 0 Å². The van der Waals surface area contributed by atoms with Gasteiger partial charge in [0.2, 0.25) is 0 Å². The molecule has 2 nitrogen and oxygen atoms in total. The molecule has 0 saturated heterocycles. The normalized spacial score (nSPS) is 11.6. The van der Waals surface area contributed by atoms with E-state index in [1.165, 1.54) is 5.57 Å². The fraction of sp³-hybridized carbons (Fsp3) is 0.483. The molecule has 0 aliphatic carbocycles. The first-order valence-electron chi connectivity index (χ1n) is 11.7. The lowest BCUT2D eigenvalue weighted by molar-refractivity contribution is 0.0911. The average Bonchev–Trinajstić information content (AvgIpc) is 2.76. The molecule has 1 amide bonds. The number of amides is 1. The van der Waals surface area contributed by atoms with Crippen molar-refractivity contribution in [2.45, 2.75) is 88.1 Å². The van der Waals surface area contributed by atoms with Crippen molar-refractivity contribution in [3.8, 4) is 0 Å². The van der Waals surface area contributed by atoms with Gasteiger partial charge in [0.05, 0.1) is 0 Å². The molecule has 0 aromatic heterocycles. The van der Waals surface area contributed by atoms with E-state index in [0.29, 0.717) is 11.5 Å². The Morgan fingerprint density at radius 3 is 1.97 bits per heavy atom. The van der Waals surface area contributed by atoms with Crippen LogP contribution in [0, 0.1) is 5.92 Å². The number of carbonyl (C=O) groups is 1. The van der Waals surface area contributed by atoms with Crippen molar-refractivity contribution in [3.05, 3.63) is 71.8 Å². The molecule has 0 heterocycles. The number of benzene rings is 1. The Bertz CT molecular complexity index is 776. The Balaban J connectivity index is 0. The van der Waals surface area contributed by atoms with Crippen LogP contribution in [0.15, 0.2) is 55.2 Å². The van der Waals surface area contributed by atoms with Crippen LogP contribution in [0.4, 0.5) is 0 Å². The summed E-state index contributed by atoms with van der Waals surface area (Å²) < 4.78 is 0. The molecule has 1 aromatic carbocycles. The first-order chi connectivity index (χ1) is 14.6. The minimum atomic E-state index is -0.247. The van der Waals surface area contributed by atoms with Gasteiger partial charge in [-0.25, -0.2) is 0 Å². The van der Waals surface area contributed by atoms with Gasteiger partial charge in [-0.1, -0.05) is 79.9 Å². The highest BCUT2D eigenvalue weighted by Crippen LogP contribution is 2.30. The molecule has 2 heteroatoms. The third kappa shape index (κ3) is 10.0. The minimum absolute atomic E-state index is 0.0595. The van der Waals surface area contributed by atoms with Gasteiger partial charge in [0.1, 0.15) is 0 Å². The summed E-state index contributed by atoms with van der Waals surface area (Å²) in [6.45, 7) is 30.6. The molecule has 0 aliphatic heterocycles. The van der Waals surface area contributed by atoms with E-state index in [4.69, 9.17) is 0 Å². The Morgan fingerprint density at radius 1 is 1.06 bits per heavy atom. The minimum Gasteiger partial charge on any atom is -0.347 e. The maximum atomic E-state index is 12.9. The van der Waals surface area contributed by atoms with E-state index in [1.807, 2.05) is 73.6 Å². The zero-order chi connectivity index (χ0) is 24.8. The summed E-state index contributed by atoms with van der Waals surface area (Å²) in [6.07, 6.45) is 6.69. The predicted octanol–water partition coefficient (Wildman–Crippen LogP) is 8.86. The molecule has 0 fully saturated rings. The Morgan fingerprint density at radius 2 is 1.55 bits per heavy atom. The van der Waals surface area contributed by atoms with E-state index >= 15 is 0 Å². The molecule has 0 unspecified atom stereocenters. The summed E-state index contributed by atoms with van der Waals surface area (Å²) in [6, 6.07) is 5.99. The third-order valence-corrected chi connectivity index (χ3v) is 4.98. The summed E-state index contributed by atoms with van der Waals surface area (Å²) in [7, 11) is 0. The van der Waals surface area contributed by atoms with Gasteiger partial charge in [-0.15, -0.1) is 0 Å². The first kappa shape index (κ1) is 30.8. The summed E-state index contributed by atoms with van der Waals surface area (Å²) in [5.41, 5.74) is 5.61. The average molecular weight is 426 g/mol. The van der Waals surface area contributed by atoms with E-state index in [2.05, 4.69) is 51.4 Å². The number of nitrogens with one attached hydrogen (secondary N) is 1. The number of carbonyl (C=O) groups excluding carboxylic acids is 1. The van der Waals surface area contributed by atoms with Crippen molar-refractivity contribution in [3.63, 3.8) is 0 Å². The highest BCUT2D eigenvalue weighted by atomic mass is 16.1. The van der Waals surface area contributed by atoms with Crippen molar-refractivity contribution in [2.24, 2.45) is 5.92 Å². The van der Waals surface area contributed by atoms with Crippen molar-refractivity contribution in [1.82, 2.24) is 5.32 Å². The van der Waals surface area contributed by atoms with E-state index in [0.717, 1.165) is 28.7 Å². The van der Waals surface area contributed by atoms with Crippen LogP contribution in [0.3, 0.4) is 0 Å². The SMILES string of the molecule is C=C/C=C(\C)c1cc(C(=C)/C(=C\C)C(C)C)cc(C(=O)NC(C)(C)CC)c1.CC.CC. The van der Waals surface area contributed by atoms with Crippen molar-refractivity contribution >= 4 is 17.1 Å². The molecule has 174 valence electrons. The zero-order valence-electron chi connectivity index (χ0n) is 22.1. The summed E-state index contributed by atoms with van der Waals surface area (Å²) in [5, 5.41) is 3.13. The number of hydrogen-bond acceptors (Lipinski definition) is 1. The van der Waals surface area contributed by atoms with Crippen LogP contribution in [0.5, 0.6) is 0 Å². The summed E-state index contributed by atoms with van der Waals surface area (Å²) in [5.74, 6) is 0.308. The lowest BCUT2D eigenvalue weighted by Crippen LogP contribution is -2.42. The molecule has 0 spiro atoms. The lowest BCUT2D eigenvalue weighted by Gasteiger charge is -2.25. The van der Waals surface area contributed by atoms with E-state index < -0.39 is 0 Å². The zero-order valence-corrected chi connectivity index (χ0v) is 22.1. The van der Waals surface area contributed by atoms with Crippen molar-refractivity contribution < 1.29 is 4.79 Å². The third-order valence-electron chi connectivity index (χ3n) is 4.98. The molecule has 31 heavy (non-hydrogen) atoms. The van der Waals surface area contributed by atoms with Crippen LogP contribution in [0.2, 0.25) is 0 Å². The quantitative estimate of drug-likeness (QED) is 0.414. The van der Waals surface area contributed by atoms with Gasteiger partial charge in [0, 0.05) is 11.1 Å². The van der Waals surface area contributed by atoms with Crippen molar-refractivity contribution in [2.75, 3.05) is 0 Å². The highest BCUT2D eigenvalue weighted by molar-refractivity contribution is 5.97. The smallest absolute Gasteiger partial charge is 0.251 e. The van der Waals surface area contributed by atoms with Crippen LogP contribution >= 0.6 is 0 Å². The summed E-state index contributed by atoms with van der Waals surface area (Å²) >= 11 is 0. The standard InChI is InChI=1S/C25H35NO.2C2H6/c1-10-13-18(6)20-14-21(19(7)23(11-2)17(4)5)16-22(15-20)24(27)26-25(8,9)12-3;2*1-2/h10-11,13-17H,1,7,12H2,2-6,8-9H3,(H,26,27);2*1-2H3/b18-13+,23-11-;;. The largest absolute Gasteiger partial charge is 0.347 e. The molecule has 1 N–H and O–H groups in total. The summed E-state index contributed by atoms with van der Waals surface area (Å²) in [4.78, 5) is 12.9. The topological polar surface area (TPSA) is 29.1 Å². The molecule has 0 radical (unpaired) electrons. The second-order valence-electron chi connectivity index (χ2n) is 7.95. The van der Waals surface area contributed by atoms with Crippen LogP contribution in [0.25, 0.3) is 11.1 Å². The fourth-order valence-electron chi connectivity index (χ4n) is 2.92. The predicted molar refractivity (Wildman–Crippen MR) is 142 cm³/mol. The molecule has 0 aliphatic rings. The van der Waals surface area contributed by atoms with E-state index in [1.54, 1.807) is 6.08 Å². The van der Waals surface area contributed by atoms with E-state index in [9.17, 15) is 4.79 Å². The molecular weight excluding hydrogens is 378 g/mol. The number of rotatable bonds is 8. The molecule has 1 rings (SSSR count). The van der Waals surface area contributed by atoms with E-state index in [-0.39, 0.29) is 11.4 Å². The fourth-order valence-corrected chi connectivity index (χ4v) is 2.92. The maximum absolute atomic E-state index is 12.9. The maximum Gasteiger partial charge on any atom is 0.251 e. The van der Waals surface area contributed by atoms with Gasteiger partial charge >= 0.3 is 0 Å². The van der Waals surface area contributed by atoms with Crippen LogP contribution in [-0.2, 0) is 0 Å². The van der Waals surface area contributed by atoms with Gasteiger partial charge in [-0.05, 0) is 86.1 Å². The van der Waals surface area contributed by atoms with Crippen LogP contribution < -0.4 is 5.32 Å². The molecular formula is C29H47NO.